The van der Waals surface area contributed by atoms with Crippen molar-refractivity contribution in [2.24, 2.45) is 0 Å². The van der Waals surface area contributed by atoms with E-state index in [1.54, 1.807) is 42.5 Å². The van der Waals surface area contributed by atoms with Crippen LogP contribution in [0.2, 0.25) is 10.0 Å². The summed E-state index contributed by atoms with van der Waals surface area (Å²) in [6.45, 7) is 4.26. The van der Waals surface area contributed by atoms with Crippen molar-refractivity contribution in [1.82, 2.24) is 4.98 Å². The van der Waals surface area contributed by atoms with Crippen molar-refractivity contribution in [3.05, 3.63) is 100 Å². The minimum Gasteiger partial charge on any atom is -0.457 e. The van der Waals surface area contributed by atoms with E-state index in [1.165, 1.54) is 11.6 Å². The van der Waals surface area contributed by atoms with Crippen molar-refractivity contribution in [2.45, 2.75) is 19.8 Å². The Morgan fingerprint density at radius 2 is 1.75 bits per heavy atom. The summed E-state index contributed by atoms with van der Waals surface area (Å²) in [5, 5.41) is 3.97. The maximum Gasteiger partial charge on any atom is 0.248 e. The summed E-state index contributed by atoms with van der Waals surface area (Å²) in [6.07, 6.45) is 3.02. The molecule has 7 heteroatoms. The normalized spacial score (nSPS) is 11.6. The van der Waals surface area contributed by atoms with Gasteiger partial charge in [-0.25, -0.2) is 4.98 Å². The molecule has 0 bridgehead atoms. The minimum atomic E-state index is -0.313. The molecule has 2 heterocycles. The predicted octanol–water partition coefficient (Wildman–Crippen LogP) is 8.84. The van der Waals surface area contributed by atoms with E-state index in [1.807, 2.05) is 36.4 Å². The van der Waals surface area contributed by atoms with Crippen molar-refractivity contribution in [1.29, 1.82) is 0 Å². The van der Waals surface area contributed by atoms with Crippen molar-refractivity contribution in [2.75, 3.05) is 5.32 Å². The van der Waals surface area contributed by atoms with Gasteiger partial charge in [0.1, 0.15) is 17.0 Å². The molecule has 0 aliphatic rings. The van der Waals surface area contributed by atoms with Crippen LogP contribution in [-0.2, 0) is 4.79 Å². The molecule has 0 radical (unpaired) electrons. The number of oxazole rings is 1. The average molecular weight is 517 g/mol. The fourth-order valence-electron chi connectivity index (χ4n) is 3.74. The van der Waals surface area contributed by atoms with Gasteiger partial charge in [-0.2, -0.15) is 0 Å². The quantitative estimate of drug-likeness (QED) is 0.229. The number of hydrogen-bond acceptors (Lipinski definition) is 4. The van der Waals surface area contributed by atoms with Crippen LogP contribution in [0.15, 0.2) is 87.7 Å². The average Bonchev–Trinajstić information content (AvgIpc) is 3.51. The summed E-state index contributed by atoms with van der Waals surface area (Å²) in [7, 11) is 0. The highest BCUT2D eigenvalue weighted by molar-refractivity contribution is 6.33. The lowest BCUT2D eigenvalue weighted by Gasteiger charge is -2.05. The lowest BCUT2D eigenvalue weighted by atomic mass is 10.0. The molecule has 1 N–H and O–H groups in total. The highest BCUT2D eigenvalue weighted by atomic mass is 35.5. The largest absolute Gasteiger partial charge is 0.457 e. The molecule has 5 aromatic rings. The van der Waals surface area contributed by atoms with E-state index in [-0.39, 0.29) is 5.91 Å². The number of nitrogens with zero attached hydrogens (tertiary/aromatic N) is 1. The number of carbonyl (C=O) groups excluding carboxylic acids is 1. The second-order valence-corrected chi connectivity index (χ2v) is 9.47. The number of benzene rings is 3. The van der Waals surface area contributed by atoms with E-state index in [0.29, 0.717) is 50.2 Å². The molecule has 0 unspecified atom stereocenters. The molecule has 2 aromatic heterocycles. The van der Waals surface area contributed by atoms with Crippen molar-refractivity contribution >= 4 is 52.0 Å². The van der Waals surface area contributed by atoms with E-state index >= 15 is 0 Å². The molecule has 0 aliphatic heterocycles. The maximum atomic E-state index is 12.5. The Bertz CT molecular complexity index is 1580. The van der Waals surface area contributed by atoms with Crippen LogP contribution in [0, 0.1) is 0 Å². The molecule has 1 amide bonds. The smallest absolute Gasteiger partial charge is 0.248 e. The number of amides is 1. The van der Waals surface area contributed by atoms with E-state index in [2.05, 4.69) is 24.1 Å². The Balaban J connectivity index is 1.31. The molecule has 5 nitrogen and oxygen atoms in total. The maximum absolute atomic E-state index is 12.5. The van der Waals surface area contributed by atoms with Crippen LogP contribution >= 0.6 is 23.2 Å². The lowest BCUT2D eigenvalue weighted by molar-refractivity contribution is -0.111. The van der Waals surface area contributed by atoms with Crippen LogP contribution in [0.25, 0.3) is 40.0 Å². The first-order valence-electron chi connectivity index (χ1n) is 11.4. The predicted molar refractivity (Wildman–Crippen MR) is 145 cm³/mol. The van der Waals surface area contributed by atoms with Gasteiger partial charge in [0.25, 0.3) is 0 Å². The van der Waals surface area contributed by atoms with Crippen LogP contribution in [0.4, 0.5) is 5.69 Å². The summed E-state index contributed by atoms with van der Waals surface area (Å²) < 4.78 is 11.7. The van der Waals surface area contributed by atoms with Crippen LogP contribution in [-0.4, -0.2) is 10.9 Å². The number of furan rings is 1. The van der Waals surface area contributed by atoms with Gasteiger partial charge in [-0.3, -0.25) is 4.79 Å². The molecular weight excluding hydrogens is 495 g/mol. The molecule has 0 spiro atoms. The first-order valence-corrected chi connectivity index (χ1v) is 12.2. The molecule has 3 aromatic carbocycles. The zero-order valence-corrected chi connectivity index (χ0v) is 21.1. The Hall–Kier alpha value is -3.80. The Morgan fingerprint density at radius 3 is 2.53 bits per heavy atom. The topological polar surface area (TPSA) is 68.3 Å². The molecule has 0 aliphatic carbocycles. The highest BCUT2D eigenvalue weighted by Gasteiger charge is 2.14. The third-order valence-electron chi connectivity index (χ3n) is 5.70. The summed E-state index contributed by atoms with van der Waals surface area (Å²) in [6, 6.07) is 22.1. The minimum absolute atomic E-state index is 0.313. The molecule has 36 heavy (non-hydrogen) atoms. The van der Waals surface area contributed by atoms with Gasteiger partial charge in [0.2, 0.25) is 11.8 Å². The van der Waals surface area contributed by atoms with Crippen molar-refractivity contribution in [3.63, 3.8) is 0 Å². The monoisotopic (exact) mass is 516 g/mol. The van der Waals surface area contributed by atoms with Crippen molar-refractivity contribution < 1.29 is 13.6 Å². The van der Waals surface area contributed by atoms with Crippen LogP contribution in [0.5, 0.6) is 0 Å². The van der Waals surface area contributed by atoms with Crippen molar-refractivity contribution in [3.8, 4) is 22.8 Å². The van der Waals surface area contributed by atoms with Crippen LogP contribution < -0.4 is 5.32 Å². The fraction of sp³-hybridized carbons (Fsp3) is 0.103. The van der Waals surface area contributed by atoms with Gasteiger partial charge < -0.3 is 14.2 Å². The first kappa shape index (κ1) is 23.9. The number of aromatic nitrogens is 1. The number of anilines is 1. The number of nitrogens with one attached hydrogen (secondary N) is 1. The highest BCUT2D eigenvalue weighted by Crippen LogP contribution is 2.33. The Labute approximate surface area is 218 Å². The standard InChI is InChI=1S/C29H22Cl2N2O3/c1-17(2)19-5-12-27-25(15-19)33-29(36-27)23-16-21(8-11-24(23)31)32-28(34)14-10-22-9-13-26(35-22)18-3-6-20(30)7-4-18/h3-17H,1-2H3,(H,32,34)/b14-10+. The second-order valence-electron chi connectivity index (χ2n) is 8.63. The SMILES string of the molecule is CC(C)c1ccc2oc(-c3cc(NC(=O)/C=C/c4ccc(-c5ccc(Cl)cc5)o4)ccc3Cl)nc2c1. The van der Waals surface area contributed by atoms with Crippen LogP contribution in [0.1, 0.15) is 31.1 Å². The molecule has 180 valence electrons. The Kier molecular flexibility index (Phi) is 6.68. The van der Waals surface area contributed by atoms with Gasteiger partial charge in [-0.15, -0.1) is 0 Å². The summed E-state index contributed by atoms with van der Waals surface area (Å²) in [5.74, 6) is 1.71. The third-order valence-corrected chi connectivity index (χ3v) is 6.28. The third kappa shape index (κ3) is 5.23. The number of carbonyl (C=O) groups is 1. The van der Waals surface area contributed by atoms with E-state index in [9.17, 15) is 4.79 Å². The number of hydrogen-bond donors (Lipinski definition) is 1. The van der Waals surface area contributed by atoms with E-state index < -0.39 is 0 Å². The summed E-state index contributed by atoms with van der Waals surface area (Å²) >= 11 is 12.4. The zero-order valence-electron chi connectivity index (χ0n) is 19.6. The molecule has 5 rings (SSSR count). The lowest BCUT2D eigenvalue weighted by Crippen LogP contribution is -2.07. The number of rotatable bonds is 6. The molecule has 0 saturated carbocycles. The molecule has 0 saturated heterocycles. The van der Waals surface area contributed by atoms with Gasteiger partial charge >= 0.3 is 0 Å². The van der Waals surface area contributed by atoms with E-state index in [4.69, 9.17) is 32.0 Å². The van der Waals surface area contributed by atoms with Gasteiger partial charge in [0.05, 0.1) is 10.6 Å². The second kappa shape index (κ2) is 10.1. The van der Waals surface area contributed by atoms with Gasteiger partial charge in [-0.1, -0.05) is 43.1 Å². The van der Waals surface area contributed by atoms with Gasteiger partial charge in [0, 0.05) is 22.3 Å². The summed E-state index contributed by atoms with van der Waals surface area (Å²) in [5.41, 5.74) is 4.69. The summed E-state index contributed by atoms with van der Waals surface area (Å²) in [4.78, 5) is 17.2. The zero-order chi connectivity index (χ0) is 25.2. The molecular formula is C29H22Cl2N2O3. The first-order chi connectivity index (χ1) is 17.4. The van der Waals surface area contributed by atoms with Gasteiger partial charge in [-0.05, 0) is 84.3 Å². The molecule has 0 fully saturated rings. The fourth-order valence-corrected chi connectivity index (χ4v) is 4.06. The van der Waals surface area contributed by atoms with E-state index in [0.717, 1.165) is 11.1 Å². The van der Waals surface area contributed by atoms with Crippen LogP contribution in [0.3, 0.4) is 0 Å². The van der Waals surface area contributed by atoms with Gasteiger partial charge in [0.15, 0.2) is 5.58 Å². The molecule has 0 atom stereocenters. The number of halogens is 2. The Morgan fingerprint density at radius 1 is 0.944 bits per heavy atom. The number of fused-ring (bicyclic) bond motifs is 1.